The van der Waals surface area contributed by atoms with E-state index in [9.17, 15) is 0 Å². The van der Waals surface area contributed by atoms with Gasteiger partial charge in [-0.1, -0.05) is 79.4 Å². The Labute approximate surface area is 179 Å². The Morgan fingerprint density at radius 1 is 0.833 bits per heavy atom. The number of hydrogen-bond acceptors (Lipinski definition) is 0. The number of para-hydroxylation sites is 1. The van der Waals surface area contributed by atoms with Gasteiger partial charge in [-0.15, -0.1) is 0 Å². The van der Waals surface area contributed by atoms with Crippen molar-refractivity contribution in [2.75, 3.05) is 0 Å². The molecule has 30 heavy (non-hydrogen) atoms. The highest BCUT2D eigenvalue weighted by Crippen LogP contribution is 2.35. The van der Waals surface area contributed by atoms with E-state index in [4.69, 9.17) is 0 Å². The van der Waals surface area contributed by atoms with Crippen molar-refractivity contribution < 1.29 is 0 Å². The first-order chi connectivity index (χ1) is 14.6. The monoisotopic (exact) mass is 389 g/mol. The molecule has 0 aliphatic carbocycles. The van der Waals surface area contributed by atoms with Crippen LogP contribution < -0.4 is 0 Å². The van der Waals surface area contributed by atoms with E-state index in [1.54, 1.807) is 0 Å². The Morgan fingerprint density at radius 3 is 2.17 bits per heavy atom. The van der Waals surface area contributed by atoms with E-state index in [1.165, 1.54) is 33.3 Å². The minimum atomic E-state index is 1.00. The second-order valence-electron chi connectivity index (χ2n) is 7.60. The van der Waals surface area contributed by atoms with Crippen molar-refractivity contribution in [1.82, 2.24) is 4.57 Å². The highest BCUT2D eigenvalue weighted by molar-refractivity contribution is 5.97. The Kier molecular flexibility index (Phi) is 5.54. The number of allylic oxidation sites excluding steroid dienone is 3. The quantitative estimate of drug-likeness (QED) is 0.305. The summed E-state index contributed by atoms with van der Waals surface area (Å²) < 4.78 is 2.35. The third-order valence-electron chi connectivity index (χ3n) is 5.62. The highest BCUT2D eigenvalue weighted by atomic mass is 15.0. The van der Waals surface area contributed by atoms with E-state index in [0.717, 1.165) is 16.8 Å². The summed E-state index contributed by atoms with van der Waals surface area (Å²) in [6, 6.07) is 25.3. The minimum Gasteiger partial charge on any atom is -0.310 e. The van der Waals surface area contributed by atoms with Crippen LogP contribution in [-0.2, 0) is 0 Å². The molecule has 0 fully saturated rings. The van der Waals surface area contributed by atoms with Crippen LogP contribution in [-0.4, -0.2) is 4.57 Å². The van der Waals surface area contributed by atoms with Gasteiger partial charge in [0.1, 0.15) is 0 Å². The van der Waals surface area contributed by atoms with Crippen LogP contribution in [0.3, 0.4) is 0 Å². The summed E-state index contributed by atoms with van der Waals surface area (Å²) in [5, 5.41) is 1.31. The SMILES string of the molecule is C=C(/C=C\c1c(C)c2c(/C=C\C)c(C)ccc2n1-c1ccccc1)c1ccccc1. The van der Waals surface area contributed by atoms with Gasteiger partial charge in [0, 0.05) is 16.8 Å². The van der Waals surface area contributed by atoms with Crippen LogP contribution in [0.2, 0.25) is 0 Å². The fourth-order valence-electron chi connectivity index (χ4n) is 4.08. The molecule has 148 valence electrons. The molecule has 0 atom stereocenters. The molecule has 0 aliphatic rings. The van der Waals surface area contributed by atoms with E-state index >= 15 is 0 Å². The molecule has 4 rings (SSSR count). The van der Waals surface area contributed by atoms with Crippen molar-refractivity contribution in [2.45, 2.75) is 20.8 Å². The van der Waals surface area contributed by atoms with Gasteiger partial charge in [-0.3, -0.25) is 0 Å². The zero-order valence-electron chi connectivity index (χ0n) is 17.9. The van der Waals surface area contributed by atoms with Gasteiger partial charge in [-0.05, 0) is 72.9 Å². The summed E-state index contributed by atoms with van der Waals surface area (Å²) in [4.78, 5) is 0. The Morgan fingerprint density at radius 2 is 1.50 bits per heavy atom. The van der Waals surface area contributed by atoms with E-state index in [0.29, 0.717) is 0 Å². The number of benzene rings is 3. The molecule has 3 aromatic carbocycles. The van der Waals surface area contributed by atoms with Gasteiger partial charge >= 0.3 is 0 Å². The third-order valence-corrected chi connectivity index (χ3v) is 5.62. The predicted molar refractivity (Wildman–Crippen MR) is 132 cm³/mol. The Bertz CT molecular complexity index is 1250. The molecule has 1 heteroatoms. The fraction of sp³-hybridized carbons (Fsp3) is 0.103. The number of rotatable bonds is 5. The van der Waals surface area contributed by atoms with E-state index in [-0.39, 0.29) is 0 Å². The molecule has 0 saturated heterocycles. The third kappa shape index (κ3) is 3.55. The summed E-state index contributed by atoms with van der Waals surface area (Å²) in [6.45, 7) is 10.8. The summed E-state index contributed by atoms with van der Waals surface area (Å²) in [5.41, 5.74) is 9.58. The standard InChI is InChI=1S/C29H27N/c1-5-12-26-22(3)18-20-28-29(26)23(4)27(30(28)25-15-10-7-11-16-25)19-17-21(2)24-13-8-6-9-14-24/h5-20H,2H2,1,3-4H3/b12-5-,19-17-. The maximum atomic E-state index is 4.28. The molecule has 0 amide bonds. The van der Waals surface area contributed by atoms with Crippen LogP contribution in [0.4, 0.5) is 0 Å². The van der Waals surface area contributed by atoms with E-state index < -0.39 is 0 Å². The van der Waals surface area contributed by atoms with Gasteiger partial charge in [0.2, 0.25) is 0 Å². The molecule has 4 aromatic rings. The second-order valence-corrected chi connectivity index (χ2v) is 7.60. The van der Waals surface area contributed by atoms with Gasteiger partial charge < -0.3 is 4.57 Å². The number of hydrogen-bond donors (Lipinski definition) is 0. The van der Waals surface area contributed by atoms with Crippen molar-refractivity contribution in [2.24, 2.45) is 0 Å². The second kappa shape index (κ2) is 8.42. The minimum absolute atomic E-state index is 1.00. The number of nitrogens with zero attached hydrogens (tertiary/aromatic N) is 1. The van der Waals surface area contributed by atoms with Crippen LogP contribution in [0.15, 0.2) is 91.5 Å². The van der Waals surface area contributed by atoms with E-state index in [1.807, 2.05) is 18.2 Å². The number of aromatic nitrogens is 1. The summed E-state index contributed by atoms with van der Waals surface area (Å²) >= 11 is 0. The lowest BCUT2D eigenvalue weighted by Gasteiger charge is -2.10. The average Bonchev–Trinajstić information content (AvgIpc) is 3.07. The molecule has 0 spiro atoms. The molecule has 1 nitrogen and oxygen atoms in total. The Hall–Kier alpha value is -3.58. The predicted octanol–water partition coefficient (Wildman–Crippen LogP) is 8.01. The lowest BCUT2D eigenvalue weighted by Crippen LogP contribution is -1.97. The van der Waals surface area contributed by atoms with Gasteiger partial charge in [0.05, 0.1) is 5.52 Å². The first kappa shape index (κ1) is 19.7. The van der Waals surface area contributed by atoms with Crippen molar-refractivity contribution >= 4 is 28.6 Å². The molecule has 0 radical (unpaired) electrons. The van der Waals surface area contributed by atoms with Crippen LogP contribution in [0.25, 0.3) is 34.3 Å². The zero-order chi connectivity index (χ0) is 21.1. The molecular formula is C29H27N. The lowest BCUT2D eigenvalue weighted by atomic mass is 10.00. The van der Waals surface area contributed by atoms with Gasteiger partial charge in [-0.25, -0.2) is 0 Å². The highest BCUT2D eigenvalue weighted by Gasteiger charge is 2.17. The fourth-order valence-corrected chi connectivity index (χ4v) is 4.08. The average molecular weight is 390 g/mol. The first-order valence-electron chi connectivity index (χ1n) is 10.4. The maximum Gasteiger partial charge on any atom is 0.0543 e. The van der Waals surface area contributed by atoms with Crippen LogP contribution in [0.5, 0.6) is 0 Å². The van der Waals surface area contributed by atoms with Crippen molar-refractivity contribution in [3.8, 4) is 5.69 Å². The van der Waals surface area contributed by atoms with Gasteiger partial charge in [-0.2, -0.15) is 0 Å². The van der Waals surface area contributed by atoms with E-state index in [2.05, 4.69) is 111 Å². The normalized spacial score (nSPS) is 11.7. The van der Waals surface area contributed by atoms with Crippen LogP contribution in [0.1, 0.15) is 34.9 Å². The lowest BCUT2D eigenvalue weighted by molar-refractivity contribution is 1.10. The molecule has 0 unspecified atom stereocenters. The molecule has 0 saturated carbocycles. The number of fused-ring (bicyclic) bond motifs is 1. The summed E-state index contributed by atoms with van der Waals surface area (Å²) in [5.74, 6) is 0. The van der Waals surface area contributed by atoms with Gasteiger partial charge in [0.15, 0.2) is 0 Å². The topological polar surface area (TPSA) is 4.93 Å². The van der Waals surface area contributed by atoms with Crippen LogP contribution in [0, 0.1) is 13.8 Å². The number of aryl methyl sites for hydroxylation is 2. The molecule has 1 heterocycles. The van der Waals surface area contributed by atoms with Crippen molar-refractivity contribution in [3.63, 3.8) is 0 Å². The Balaban J connectivity index is 1.96. The van der Waals surface area contributed by atoms with Crippen LogP contribution >= 0.6 is 0 Å². The largest absolute Gasteiger partial charge is 0.310 e. The van der Waals surface area contributed by atoms with Crippen molar-refractivity contribution in [3.05, 3.63) is 119 Å². The summed E-state index contributed by atoms with van der Waals surface area (Å²) in [6.07, 6.45) is 8.66. The zero-order valence-corrected chi connectivity index (χ0v) is 17.9. The molecule has 0 aliphatic heterocycles. The maximum absolute atomic E-state index is 4.28. The smallest absolute Gasteiger partial charge is 0.0543 e. The molecule has 1 aromatic heterocycles. The molecule has 0 N–H and O–H groups in total. The summed E-state index contributed by atoms with van der Waals surface area (Å²) in [7, 11) is 0. The van der Waals surface area contributed by atoms with Crippen molar-refractivity contribution in [1.29, 1.82) is 0 Å². The molecular weight excluding hydrogens is 362 g/mol. The molecule has 0 bridgehead atoms. The van der Waals surface area contributed by atoms with Gasteiger partial charge in [0.25, 0.3) is 0 Å². The first-order valence-corrected chi connectivity index (χ1v) is 10.4.